The number of nitrogens with zero attached hydrogens (tertiary/aromatic N) is 5. The second-order valence-electron chi connectivity index (χ2n) is 6.77. The second-order valence-corrected chi connectivity index (χ2v) is 6.77. The average Bonchev–Trinajstić information content (AvgIpc) is 2.90. The van der Waals surface area contributed by atoms with Gasteiger partial charge in [0.2, 0.25) is 0 Å². The third-order valence-corrected chi connectivity index (χ3v) is 4.54. The van der Waals surface area contributed by atoms with Gasteiger partial charge in [-0.15, -0.1) is 0 Å². The van der Waals surface area contributed by atoms with E-state index in [4.69, 9.17) is 0 Å². The molecule has 1 atom stereocenters. The maximum absolute atomic E-state index is 12.6. The van der Waals surface area contributed by atoms with Crippen molar-refractivity contribution in [2.45, 2.75) is 25.3 Å². The van der Waals surface area contributed by atoms with Crippen LogP contribution in [0, 0.1) is 0 Å². The first kappa shape index (κ1) is 17.3. The van der Waals surface area contributed by atoms with Crippen molar-refractivity contribution in [1.82, 2.24) is 19.7 Å². The van der Waals surface area contributed by atoms with E-state index in [2.05, 4.69) is 21.5 Å². The molecule has 25 heavy (non-hydrogen) atoms. The lowest BCUT2D eigenvalue weighted by Gasteiger charge is -2.21. The normalized spacial score (nSPS) is 17.9. The highest BCUT2D eigenvalue weighted by Gasteiger charge is 2.22. The number of hydrogen-bond donors (Lipinski definition) is 1. The topological polar surface area (TPSA) is 66.3 Å². The van der Waals surface area contributed by atoms with Gasteiger partial charge in [-0.1, -0.05) is 0 Å². The summed E-state index contributed by atoms with van der Waals surface area (Å²) in [6, 6.07) is 4.43. The lowest BCUT2D eigenvalue weighted by molar-refractivity contribution is 0.0761. The third-order valence-electron chi connectivity index (χ3n) is 4.54. The first-order valence-electron chi connectivity index (χ1n) is 8.71. The molecule has 0 bridgehead atoms. The molecule has 3 heterocycles. The minimum absolute atomic E-state index is 0.0748. The summed E-state index contributed by atoms with van der Waals surface area (Å²) in [6.45, 7) is 1.55. The third kappa shape index (κ3) is 4.29. The molecule has 134 valence electrons. The summed E-state index contributed by atoms with van der Waals surface area (Å²) in [4.78, 5) is 20.9. The molecule has 0 spiro atoms. The van der Waals surface area contributed by atoms with E-state index in [9.17, 15) is 4.79 Å². The molecule has 1 aliphatic rings. The number of amides is 1. The number of hydrogen-bond acceptors (Lipinski definition) is 5. The van der Waals surface area contributed by atoms with Gasteiger partial charge >= 0.3 is 0 Å². The summed E-state index contributed by atoms with van der Waals surface area (Å²) in [5, 5.41) is 7.65. The standard InChI is InChI=1S/C18H26N6O/c1-22(2)17-7-6-16(12-19-17)21-15-5-4-9-24(10-8-15)18(25)14-11-20-23(3)13-14/h6-7,11-13,15,21H,4-5,8-10H2,1-3H3/t15-/m1/s1. The van der Waals surface area contributed by atoms with Crippen molar-refractivity contribution in [2.24, 2.45) is 7.05 Å². The van der Waals surface area contributed by atoms with Crippen LogP contribution in [0.4, 0.5) is 11.5 Å². The smallest absolute Gasteiger partial charge is 0.257 e. The van der Waals surface area contributed by atoms with E-state index in [0.29, 0.717) is 11.6 Å². The van der Waals surface area contributed by atoms with Crippen LogP contribution < -0.4 is 10.2 Å². The van der Waals surface area contributed by atoms with E-state index >= 15 is 0 Å². The Labute approximate surface area is 148 Å². The second kappa shape index (κ2) is 7.55. The molecular weight excluding hydrogens is 316 g/mol. The Morgan fingerprint density at radius 3 is 2.72 bits per heavy atom. The van der Waals surface area contributed by atoms with Crippen LogP contribution in [-0.2, 0) is 7.05 Å². The Morgan fingerprint density at radius 1 is 1.24 bits per heavy atom. The number of rotatable bonds is 4. The van der Waals surface area contributed by atoms with Crippen LogP contribution in [-0.4, -0.2) is 58.8 Å². The fraction of sp³-hybridized carbons (Fsp3) is 0.500. The van der Waals surface area contributed by atoms with Crippen molar-refractivity contribution in [3.63, 3.8) is 0 Å². The number of carbonyl (C=O) groups excluding carboxylic acids is 1. The van der Waals surface area contributed by atoms with Crippen LogP contribution in [0.1, 0.15) is 29.6 Å². The van der Waals surface area contributed by atoms with Crippen LogP contribution in [0.2, 0.25) is 0 Å². The lowest BCUT2D eigenvalue weighted by Crippen LogP contribution is -2.32. The van der Waals surface area contributed by atoms with Gasteiger partial charge in [-0.05, 0) is 31.4 Å². The number of anilines is 2. The van der Waals surface area contributed by atoms with E-state index in [0.717, 1.165) is 43.9 Å². The van der Waals surface area contributed by atoms with E-state index < -0.39 is 0 Å². The van der Waals surface area contributed by atoms with Crippen molar-refractivity contribution in [3.05, 3.63) is 36.3 Å². The molecule has 1 saturated heterocycles. The van der Waals surface area contributed by atoms with E-state index in [1.54, 1.807) is 17.1 Å². The Kier molecular flexibility index (Phi) is 5.21. The van der Waals surface area contributed by atoms with Gasteiger partial charge in [-0.25, -0.2) is 4.98 Å². The van der Waals surface area contributed by atoms with Crippen molar-refractivity contribution < 1.29 is 4.79 Å². The summed E-state index contributed by atoms with van der Waals surface area (Å²) in [5.41, 5.74) is 1.69. The number of aromatic nitrogens is 3. The maximum atomic E-state index is 12.6. The zero-order valence-electron chi connectivity index (χ0n) is 15.1. The SMILES string of the molecule is CN(C)c1ccc(N[C@@H]2CCCN(C(=O)c3cnn(C)c3)CC2)cn1. The van der Waals surface area contributed by atoms with Gasteiger partial charge in [0.05, 0.1) is 23.6 Å². The van der Waals surface area contributed by atoms with Gasteiger partial charge in [-0.2, -0.15) is 5.10 Å². The fourth-order valence-electron chi connectivity index (χ4n) is 3.13. The molecule has 2 aromatic rings. The first-order chi connectivity index (χ1) is 12.0. The molecule has 0 aliphatic carbocycles. The monoisotopic (exact) mass is 342 g/mol. The summed E-state index contributed by atoms with van der Waals surface area (Å²) in [7, 11) is 5.79. The minimum Gasteiger partial charge on any atom is -0.381 e. The Bertz CT molecular complexity index is 709. The Balaban J connectivity index is 1.57. The predicted octanol–water partition coefficient (Wildman–Crippen LogP) is 1.99. The average molecular weight is 342 g/mol. The zero-order chi connectivity index (χ0) is 17.8. The van der Waals surface area contributed by atoms with E-state index in [1.165, 1.54) is 0 Å². The summed E-state index contributed by atoms with van der Waals surface area (Å²) in [5.74, 6) is 1.02. The minimum atomic E-state index is 0.0748. The molecule has 1 fully saturated rings. The molecule has 7 nitrogen and oxygen atoms in total. The largest absolute Gasteiger partial charge is 0.381 e. The lowest BCUT2D eigenvalue weighted by atomic mass is 10.1. The molecule has 1 N–H and O–H groups in total. The van der Waals surface area contributed by atoms with Crippen molar-refractivity contribution >= 4 is 17.4 Å². The molecule has 7 heteroatoms. The first-order valence-corrected chi connectivity index (χ1v) is 8.71. The summed E-state index contributed by atoms with van der Waals surface area (Å²) >= 11 is 0. The number of nitrogens with one attached hydrogen (secondary N) is 1. The number of likely N-dealkylation sites (tertiary alicyclic amines) is 1. The van der Waals surface area contributed by atoms with Gasteiger partial charge in [0.1, 0.15) is 5.82 Å². The number of carbonyl (C=O) groups is 1. The Morgan fingerprint density at radius 2 is 2.08 bits per heavy atom. The van der Waals surface area contributed by atoms with Crippen LogP contribution in [0.5, 0.6) is 0 Å². The van der Waals surface area contributed by atoms with Gasteiger partial charge in [0.25, 0.3) is 5.91 Å². The number of pyridine rings is 1. The molecule has 0 saturated carbocycles. The van der Waals surface area contributed by atoms with Gasteiger partial charge < -0.3 is 15.1 Å². The van der Waals surface area contributed by atoms with Crippen molar-refractivity contribution in [1.29, 1.82) is 0 Å². The predicted molar refractivity (Wildman–Crippen MR) is 98.9 cm³/mol. The molecule has 1 amide bonds. The summed E-state index contributed by atoms with van der Waals surface area (Å²) < 4.78 is 1.67. The van der Waals surface area contributed by atoms with Crippen LogP contribution >= 0.6 is 0 Å². The zero-order valence-corrected chi connectivity index (χ0v) is 15.1. The fourth-order valence-corrected chi connectivity index (χ4v) is 3.13. The molecule has 0 unspecified atom stereocenters. The Hall–Kier alpha value is -2.57. The van der Waals surface area contributed by atoms with Crippen molar-refractivity contribution in [2.75, 3.05) is 37.4 Å². The molecule has 2 aromatic heterocycles. The van der Waals surface area contributed by atoms with E-state index in [-0.39, 0.29) is 5.91 Å². The maximum Gasteiger partial charge on any atom is 0.257 e. The van der Waals surface area contributed by atoms with Crippen LogP contribution in [0.15, 0.2) is 30.7 Å². The molecule has 1 aliphatic heterocycles. The van der Waals surface area contributed by atoms with Crippen LogP contribution in [0.3, 0.4) is 0 Å². The highest BCUT2D eigenvalue weighted by atomic mass is 16.2. The molecule has 0 radical (unpaired) electrons. The van der Waals surface area contributed by atoms with Crippen LogP contribution in [0.25, 0.3) is 0 Å². The highest BCUT2D eigenvalue weighted by Crippen LogP contribution is 2.19. The van der Waals surface area contributed by atoms with Gasteiger partial charge in [0.15, 0.2) is 0 Å². The molecular formula is C18H26N6O. The number of aryl methyl sites for hydroxylation is 1. The van der Waals surface area contributed by atoms with E-state index in [1.807, 2.05) is 43.2 Å². The van der Waals surface area contributed by atoms with Gasteiger partial charge in [-0.3, -0.25) is 9.48 Å². The van der Waals surface area contributed by atoms with Gasteiger partial charge in [0, 0.05) is 46.5 Å². The quantitative estimate of drug-likeness (QED) is 0.920. The van der Waals surface area contributed by atoms with Crippen molar-refractivity contribution in [3.8, 4) is 0 Å². The molecule has 3 rings (SSSR count). The summed E-state index contributed by atoms with van der Waals surface area (Å²) in [6.07, 6.45) is 8.27. The highest BCUT2D eigenvalue weighted by molar-refractivity contribution is 5.93. The molecule has 0 aromatic carbocycles.